The first kappa shape index (κ1) is 17.9. The van der Waals surface area contributed by atoms with Gasteiger partial charge in [-0.1, -0.05) is 12.1 Å². The second-order valence-electron chi connectivity index (χ2n) is 6.45. The molecule has 1 amide bonds. The molecule has 0 fully saturated rings. The van der Waals surface area contributed by atoms with Crippen molar-refractivity contribution in [2.24, 2.45) is 0 Å². The molecule has 1 unspecified atom stereocenters. The van der Waals surface area contributed by atoms with Crippen molar-refractivity contribution in [1.82, 2.24) is 19.8 Å². The third kappa shape index (κ3) is 3.67. The van der Waals surface area contributed by atoms with Gasteiger partial charge < -0.3 is 9.73 Å². The van der Waals surface area contributed by atoms with E-state index in [-0.39, 0.29) is 24.1 Å². The van der Waals surface area contributed by atoms with Gasteiger partial charge in [0.1, 0.15) is 12.3 Å². The Kier molecular flexibility index (Phi) is 5.18. The van der Waals surface area contributed by atoms with E-state index in [1.165, 1.54) is 10.9 Å². The van der Waals surface area contributed by atoms with E-state index in [2.05, 4.69) is 10.3 Å². The van der Waals surface area contributed by atoms with Crippen molar-refractivity contribution >= 4 is 16.8 Å². The number of hydrogen-bond donors (Lipinski definition) is 1. The quantitative estimate of drug-likeness (QED) is 0.729. The van der Waals surface area contributed by atoms with E-state index in [9.17, 15) is 9.59 Å². The van der Waals surface area contributed by atoms with Crippen molar-refractivity contribution in [2.75, 3.05) is 20.6 Å². The van der Waals surface area contributed by atoms with Crippen LogP contribution < -0.4 is 10.9 Å². The second-order valence-corrected chi connectivity index (χ2v) is 6.45. The zero-order chi connectivity index (χ0) is 18.7. The number of carbonyl (C=O) groups is 1. The van der Waals surface area contributed by atoms with E-state index >= 15 is 0 Å². The van der Waals surface area contributed by atoms with Crippen LogP contribution >= 0.6 is 0 Å². The minimum absolute atomic E-state index is 0.0754. The molecular formula is C19H22N4O3. The molecule has 0 aliphatic heterocycles. The highest BCUT2D eigenvalue weighted by Gasteiger charge is 2.18. The number of likely N-dealkylation sites (N-methyl/N-ethyl adjacent to an activating group) is 1. The van der Waals surface area contributed by atoms with Crippen LogP contribution in [0.2, 0.25) is 0 Å². The number of para-hydroxylation sites is 1. The molecule has 0 radical (unpaired) electrons. The first-order valence-electron chi connectivity index (χ1n) is 8.38. The summed E-state index contributed by atoms with van der Waals surface area (Å²) < 4.78 is 6.76. The number of amides is 1. The fraction of sp³-hybridized carbons (Fsp3) is 0.316. The Hall–Kier alpha value is -2.93. The Labute approximate surface area is 151 Å². The normalized spacial score (nSPS) is 12.5. The Morgan fingerprint density at radius 1 is 1.31 bits per heavy atom. The van der Waals surface area contributed by atoms with Gasteiger partial charge in [-0.25, -0.2) is 4.98 Å². The largest absolute Gasteiger partial charge is 0.468 e. The van der Waals surface area contributed by atoms with Gasteiger partial charge in [0.15, 0.2) is 0 Å². The number of nitrogens with zero attached hydrogens (tertiary/aromatic N) is 3. The number of carbonyl (C=O) groups excluding carboxylic acids is 1. The Bertz CT molecular complexity index is 961. The van der Waals surface area contributed by atoms with Gasteiger partial charge in [-0.3, -0.25) is 19.1 Å². The van der Waals surface area contributed by atoms with Gasteiger partial charge in [-0.05, 0) is 44.8 Å². The van der Waals surface area contributed by atoms with Crippen molar-refractivity contribution in [2.45, 2.75) is 19.5 Å². The summed E-state index contributed by atoms with van der Waals surface area (Å²) in [6.45, 7) is 2.21. The number of aromatic nitrogens is 2. The van der Waals surface area contributed by atoms with Gasteiger partial charge in [0, 0.05) is 6.54 Å². The fourth-order valence-corrected chi connectivity index (χ4v) is 2.89. The Balaban J connectivity index is 1.71. The molecule has 0 aliphatic rings. The Morgan fingerprint density at radius 2 is 2.12 bits per heavy atom. The zero-order valence-corrected chi connectivity index (χ0v) is 15.1. The minimum atomic E-state index is -0.251. The third-order valence-electron chi connectivity index (χ3n) is 4.36. The molecule has 3 aromatic rings. The number of furan rings is 1. The number of aryl methyl sites for hydroxylation is 1. The van der Waals surface area contributed by atoms with Gasteiger partial charge in [0.25, 0.3) is 5.56 Å². The molecule has 3 rings (SSSR count). The van der Waals surface area contributed by atoms with Crippen molar-refractivity contribution in [3.63, 3.8) is 0 Å². The van der Waals surface area contributed by atoms with Crippen molar-refractivity contribution in [3.05, 3.63) is 64.6 Å². The highest BCUT2D eigenvalue weighted by atomic mass is 16.3. The number of hydrogen-bond acceptors (Lipinski definition) is 5. The van der Waals surface area contributed by atoms with Gasteiger partial charge in [0.05, 0.1) is 29.5 Å². The maximum atomic E-state index is 12.6. The van der Waals surface area contributed by atoms with Crippen LogP contribution in [0.4, 0.5) is 0 Å². The molecule has 1 N–H and O–H groups in total. The summed E-state index contributed by atoms with van der Waals surface area (Å²) in [6, 6.07) is 9.05. The molecule has 26 heavy (non-hydrogen) atoms. The maximum absolute atomic E-state index is 12.6. The lowest BCUT2D eigenvalue weighted by molar-refractivity contribution is -0.122. The van der Waals surface area contributed by atoms with Crippen LogP contribution in [0.15, 0.2) is 52.1 Å². The van der Waals surface area contributed by atoms with E-state index in [1.54, 1.807) is 12.3 Å². The average Bonchev–Trinajstić information content (AvgIpc) is 3.12. The highest BCUT2D eigenvalue weighted by Crippen LogP contribution is 2.17. The molecule has 2 heterocycles. The van der Waals surface area contributed by atoms with E-state index in [1.807, 2.05) is 50.2 Å². The fourth-order valence-electron chi connectivity index (χ4n) is 2.89. The molecule has 0 saturated heterocycles. The predicted molar refractivity (Wildman–Crippen MR) is 98.9 cm³/mol. The van der Waals surface area contributed by atoms with Crippen molar-refractivity contribution in [1.29, 1.82) is 0 Å². The highest BCUT2D eigenvalue weighted by molar-refractivity contribution is 5.81. The smallest absolute Gasteiger partial charge is 0.261 e. The van der Waals surface area contributed by atoms with Crippen LogP contribution in [-0.2, 0) is 11.3 Å². The summed E-state index contributed by atoms with van der Waals surface area (Å²) in [4.78, 5) is 31.2. The van der Waals surface area contributed by atoms with Crippen molar-refractivity contribution in [3.8, 4) is 0 Å². The molecule has 0 aliphatic carbocycles. The summed E-state index contributed by atoms with van der Waals surface area (Å²) in [6.07, 6.45) is 3.03. The van der Waals surface area contributed by atoms with Crippen LogP contribution in [0.1, 0.15) is 17.4 Å². The lowest BCUT2D eigenvalue weighted by atomic mass is 10.1. The summed E-state index contributed by atoms with van der Waals surface area (Å²) in [7, 11) is 3.83. The van der Waals surface area contributed by atoms with Crippen LogP contribution in [0.3, 0.4) is 0 Å². The van der Waals surface area contributed by atoms with E-state index in [4.69, 9.17) is 4.42 Å². The molecule has 136 valence electrons. The molecular weight excluding hydrogens is 332 g/mol. The molecule has 2 aromatic heterocycles. The van der Waals surface area contributed by atoms with Gasteiger partial charge in [-0.2, -0.15) is 0 Å². The van der Waals surface area contributed by atoms with Crippen LogP contribution in [-0.4, -0.2) is 41.0 Å². The molecule has 1 atom stereocenters. The summed E-state index contributed by atoms with van der Waals surface area (Å²) >= 11 is 0. The lowest BCUT2D eigenvalue weighted by Crippen LogP contribution is -2.37. The summed E-state index contributed by atoms with van der Waals surface area (Å²) in [5.74, 6) is 0.523. The number of rotatable bonds is 6. The zero-order valence-electron chi connectivity index (χ0n) is 15.1. The van der Waals surface area contributed by atoms with Crippen LogP contribution in [0.5, 0.6) is 0 Å². The lowest BCUT2D eigenvalue weighted by Gasteiger charge is -2.22. The SMILES string of the molecule is Cc1cccc2c(=O)n(CC(=O)NCC(c3ccco3)N(C)C)cnc12. The summed E-state index contributed by atoms with van der Waals surface area (Å²) in [5.41, 5.74) is 1.38. The molecule has 0 bridgehead atoms. The van der Waals surface area contributed by atoms with Crippen LogP contribution in [0.25, 0.3) is 10.9 Å². The standard InChI is InChI=1S/C19H22N4O3/c1-13-6-4-7-14-18(13)21-12-23(19(14)25)11-17(24)20-10-15(22(2)3)16-8-5-9-26-16/h4-9,12,15H,10-11H2,1-3H3,(H,20,24). The number of benzene rings is 1. The first-order chi connectivity index (χ1) is 12.5. The van der Waals surface area contributed by atoms with Gasteiger partial charge in [-0.15, -0.1) is 0 Å². The second kappa shape index (κ2) is 7.53. The predicted octanol–water partition coefficient (Wildman–Crippen LogP) is 1.72. The molecule has 1 aromatic carbocycles. The topological polar surface area (TPSA) is 80.4 Å². The van der Waals surface area contributed by atoms with Crippen molar-refractivity contribution < 1.29 is 9.21 Å². The summed E-state index contributed by atoms with van der Waals surface area (Å²) in [5, 5.41) is 3.38. The van der Waals surface area contributed by atoms with E-state index in [0.29, 0.717) is 17.4 Å². The van der Waals surface area contributed by atoms with E-state index in [0.717, 1.165) is 11.3 Å². The maximum Gasteiger partial charge on any atom is 0.261 e. The molecule has 0 saturated carbocycles. The monoisotopic (exact) mass is 354 g/mol. The Morgan fingerprint density at radius 3 is 2.81 bits per heavy atom. The number of fused-ring (bicyclic) bond motifs is 1. The molecule has 7 nitrogen and oxygen atoms in total. The minimum Gasteiger partial charge on any atom is -0.468 e. The van der Waals surface area contributed by atoms with Crippen LogP contribution in [0, 0.1) is 6.92 Å². The van der Waals surface area contributed by atoms with E-state index < -0.39 is 0 Å². The molecule has 7 heteroatoms. The van der Waals surface area contributed by atoms with Gasteiger partial charge in [0.2, 0.25) is 5.91 Å². The third-order valence-corrected chi connectivity index (χ3v) is 4.36. The number of nitrogens with one attached hydrogen (secondary N) is 1. The molecule has 0 spiro atoms. The first-order valence-corrected chi connectivity index (χ1v) is 8.38. The van der Waals surface area contributed by atoms with Gasteiger partial charge >= 0.3 is 0 Å². The average molecular weight is 354 g/mol.